The zero-order valence-electron chi connectivity index (χ0n) is 10.1. The normalized spacial score (nSPS) is 11.8. The van der Waals surface area contributed by atoms with Gasteiger partial charge in [0.15, 0.2) is 17.5 Å². The van der Waals surface area contributed by atoms with Crippen molar-refractivity contribution in [2.24, 2.45) is 0 Å². The van der Waals surface area contributed by atoms with Crippen LogP contribution in [0.3, 0.4) is 0 Å². The molecule has 8 heteroatoms. The van der Waals surface area contributed by atoms with Crippen molar-refractivity contribution in [3.8, 4) is 0 Å². The van der Waals surface area contributed by atoms with Gasteiger partial charge in [0, 0.05) is 13.0 Å². The molecule has 2 rings (SSSR count). The van der Waals surface area contributed by atoms with E-state index in [-0.39, 0.29) is 13.0 Å². The Morgan fingerprint density at radius 1 is 1.10 bits per heavy atom. The summed E-state index contributed by atoms with van der Waals surface area (Å²) in [5.41, 5.74) is 0. The van der Waals surface area contributed by atoms with Gasteiger partial charge in [0.1, 0.15) is 10.7 Å². The molecule has 0 aliphatic carbocycles. The summed E-state index contributed by atoms with van der Waals surface area (Å²) in [6.07, 6.45) is 1.68. The molecule has 0 aliphatic heterocycles. The summed E-state index contributed by atoms with van der Waals surface area (Å²) in [6, 6.07) is 4.51. The predicted molar refractivity (Wildman–Crippen MR) is 63.9 cm³/mol. The number of benzene rings is 1. The van der Waals surface area contributed by atoms with Crippen molar-refractivity contribution in [1.82, 2.24) is 4.72 Å². The largest absolute Gasteiger partial charge is 0.469 e. The van der Waals surface area contributed by atoms with Crippen LogP contribution in [0.15, 0.2) is 39.8 Å². The lowest BCUT2D eigenvalue weighted by Crippen LogP contribution is -2.27. The highest BCUT2D eigenvalue weighted by Crippen LogP contribution is 2.19. The van der Waals surface area contributed by atoms with Crippen molar-refractivity contribution < 1.29 is 26.0 Å². The number of sulfonamides is 1. The molecule has 0 bridgehead atoms. The van der Waals surface area contributed by atoms with Crippen LogP contribution >= 0.6 is 0 Å². The van der Waals surface area contributed by atoms with E-state index < -0.39 is 32.4 Å². The minimum absolute atomic E-state index is 0.0612. The standard InChI is InChI=1S/C12H10F3NO3S/c13-9-3-4-10(12(15)11(9)14)20(17,18)16-6-5-8-2-1-7-19-8/h1-4,7,16H,5-6H2. The van der Waals surface area contributed by atoms with Gasteiger partial charge in [-0.05, 0) is 24.3 Å². The van der Waals surface area contributed by atoms with Gasteiger partial charge in [0.05, 0.1) is 6.26 Å². The monoisotopic (exact) mass is 305 g/mol. The second kappa shape index (κ2) is 5.68. The fourth-order valence-electron chi connectivity index (χ4n) is 1.56. The molecule has 1 aromatic carbocycles. The summed E-state index contributed by atoms with van der Waals surface area (Å²) in [4.78, 5) is -0.934. The molecule has 0 unspecified atom stereocenters. The number of halogens is 3. The minimum Gasteiger partial charge on any atom is -0.469 e. The smallest absolute Gasteiger partial charge is 0.243 e. The molecule has 4 nitrogen and oxygen atoms in total. The van der Waals surface area contributed by atoms with E-state index in [1.54, 1.807) is 12.1 Å². The van der Waals surface area contributed by atoms with Gasteiger partial charge >= 0.3 is 0 Å². The summed E-state index contributed by atoms with van der Waals surface area (Å²) in [6.45, 7) is -0.0612. The van der Waals surface area contributed by atoms with E-state index >= 15 is 0 Å². The van der Waals surface area contributed by atoms with Crippen molar-refractivity contribution in [2.45, 2.75) is 11.3 Å². The second-order valence-electron chi connectivity index (χ2n) is 3.90. The third-order valence-electron chi connectivity index (χ3n) is 2.53. The maximum absolute atomic E-state index is 13.4. The molecule has 1 aromatic heterocycles. The van der Waals surface area contributed by atoms with E-state index in [1.807, 2.05) is 0 Å². The summed E-state index contributed by atoms with van der Waals surface area (Å²) in [5, 5.41) is 0. The Labute approximate surface area is 113 Å². The van der Waals surface area contributed by atoms with E-state index in [1.165, 1.54) is 6.26 Å². The number of nitrogens with one attached hydrogen (secondary N) is 1. The van der Waals surface area contributed by atoms with Crippen molar-refractivity contribution in [1.29, 1.82) is 0 Å². The van der Waals surface area contributed by atoms with Crippen molar-refractivity contribution >= 4 is 10.0 Å². The average molecular weight is 305 g/mol. The summed E-state index contributed by atoms with van der Waals surface area (Å²) < 4.78 is 69.8. The van der Waals surface area contributed by atoms with Crippen molar-refractivity contribution in [3.05, 3.63) is 53.7 Å². The molecule has 20 heavy (non-hydrogen) atoms. The Morgan fingerprint density at radius 2 is 1.85 bits per heavy atom. The molecule has 0 amide bonds. The number of rotatable bonds is 5. The lowest BCUT2D eigenvalue weighted by atomic mass is 10.3. The van der Waals surface area contributed by atoms with Crippen LogP contribution in [0.4, 0.5) is 13.2 Å². The number of hydrogen-bond acceptors (Lipinski definition) is 3. The van der Waals surface area contributed by atoms with Gasteiger partial charge in [0.25, 0.3) is 0 Å². The van der Waals surface area contributed by atoms with Crippen LogP contribution in [0.5, 0.6) is 0 Å². The highest BCUT2D eigenvalue weighted by atomic mass is 32.2. The zero-order valence-corrected chi connectivity index (χ0v) is 10.9. The van der Waals surface area contributed by atoms with Gasteiger partial charge in [-0.25, -0.2) is 26.3 Å². The molecule has 0 fully saturated rings. The minimum atomic E-state index is -4.26. The van der Waals surface area contributed by atoms with Crippen LogP contribution < -0.4 is 4.72 Å². The van der Waals surface area contributed by atoms with Gasteiger partial charge in [-0.15, -0.1) is 0 Å². The molecule has 1 N–H and O–H groups in total. The van der Waals surface area contributed by atoms with Crippen LogP contribution in [0, 0.1) is 17.5 Å². The summed E-state index contributed by atoms with van der Waals surface area (Å²) in [7, 11) is -4.26. The van der Waals surface area contributed by atoms with E-state index in [4.69, 9.17) is 4.42 Å². The van der Waals surface area contributed by atoms with Gasteiger partial charge < -0.3 is 4.42 Å². The maximum Gasteiger partial charge on any atom is 0.243 e. The molecule has 108 valence electrons. The highest BCUT2D eigenvalue weighted by molar-refractivity contribution is 7.89. The van der Waals surface area contributed by atoms with Gasteiger partial charge in [-0.2, -0.15) is 0 Å². The lowest BCUT2D eigenvalue weighted by Gasteiger charge is -2.07. The Balaban J connectivity index is 2.12. The molecule has 0 atom stereocenters. The summed E-state index contributed by atoms with van der Waals surface area (Å²) in [5.74, 6) is -4.47. The zero-order chi connectivity index (χ0) is 14.8. The fourth-order valence-corrected chi connectivity index (χ4v) is 2.66. The first-order valence-corrected chi connectivity index (χ1v) is 7.05. The molecule has 0 aliphatic rings. The van der Waals surface area contributed by atoms with Crippen molar-refractivity contribution in [3.63, 3.8) is 0 Å². The molecule has 2 aromatic rings. The molecule has 0 spiro atoms. The first-order chi connectivity index (χ1) is 9.42. The van der Waals surface area contributed by atoms with Gasteiger partial charge in [-0.3, -0.25) is 0 Å². The Bertz CT molecular complexity index is 699. The molecule has 0 saturated heterocycles. The Hall–Kier alpha value is -1.80. The van der Waals surface area contributed by atoms with E-state index in [0.717, 1.165) is 0 Å². The SMILES string of the molecule is O=S(=O)(NCCc1ccco1)c1ccc(F)c(F)c1F. The van der Waals surface area contributed by atoms with E-state index in [2.05, 4.69) is 4.72 Å². The second-order valence-corrected chi connectivity index (χ2v) is 5.64. The topological polar surface area (TPSA) is 59.3 Å². The van der Waals surface area contributed by atoms with Crippen LogP contribution in [-0.2, 0) is 16.4 Å². The van der Waals surface area contributed by atoms with Crippen LogP contribution in [0.25, 0.3) is 0 Å². The third kappa shape index (κ3) is 3.02. The molecule has 1 heterocycles. The molecule has 0 saturated carbocycles. The van der Waals surface area contributed by atoms with E-state index in [9.17, 15) is 21.6 Å². The highest BCUT2D eigenvalue weighted by Gasteiger charge is 2.23. The molecular weight excluding hydrogens is 295 g/mol. The predicted octanol–water partition coefficient (Wildman–Crippen LogP) is 2.22. The third-order valence-corrected chi connectivity index (χ3v) is 4.01. The molecule has 0 radical (unpaired) electrons. The maximum atomic E-state index is 13.4. The number of hydrogen-bond donors (Lipinski definition) is 1. The number of furan rings is 1. The molecular formula is C12H10F3NO3S. The Morgan fingerprint density at radius 3 is 2.50 bits per heavy atom. The lowest BCUT2D eigenvalue weighted by molar-refractivity contribution is 0.431. The van der Waals surface area contributed by atoms with Crippen molar-refractivity contribution in [2.75, 3.05) is 6.54 Å². The first-order valence-electron chi connectivity index (χ1n) is 5.57. The average Bonchev–Trinajstić information content (AvgIpc) is 2.88. The van der Waals surface area contributed by atoms with Crippen LogP contribution in [-0.4, -0.2) is 15.0 Å². The first kappa shape index (κ1) is 14.6. The fraction of sp³-hybridized carbons (Fsp3) is 0.167. The van der Waals surface area contributed by atoms with Gasteiger partial charge in [0.2, 0.25) is 10.0 Å². The van der Waals surface area contributed by atoms with Crippen LogP contribution in [0.1, 0.15) is 5.76 Å². The quantitative estimate of drug-likeness (QED) is 0.862. The van der Waals surface area contributed by atoms with Gasteiger partial charge in [-0.1, -0.05) is 0 Å². The van der Waals surface area contributed by atoms with Crippen LogP contribution in [0.2, 0.25) is 0 Å². The summed E-state index contributed by atoms with van der Waals surface area (Å²) >= 11 is 0. The van der Waals surface area contributed by atoms with E-state index in [0.29, 0.717) is 17.9 Å². The Kier molecular flexibility index (Phi) is 4.15.